The molecule has 0 aliphatic heterocycles. The summed E-state index contributed by atoms with van der Waals surface area (Å²) in [6, 6.07) is 0. The molecule has 0 aromatic rings. The third-order valence-electron chi connectivity index (χ3n) is 1.45. The van der Waals surface area contributed by atoms with E-state index in [1.165, 1.54) is 19.1 Å². The van der Waals surface area contributed by atoms with E-state index >= 15 is 0 Å². The predicted molar refractivity (Wildman–Crippen MR) is 49.3 cm³/mol. The van der Waals surface area contributed by atoms with Gasteiger partial charge in [-0.05, 0) is 6.42 Å². The molecule has 1 atom stereocenters. The minimum atomic E-state index is -1.79. The van der Waals surface area contributed by atoms with Crippen molar-refractivity contribution in [3.63, 3.8) is 0 Å². The first-order valence-corrected chi connectivity index (χ1v) is 5.64. The molecule has 1 unspecified atom stereocenters. The van der Waals surface area contributed by atoms with E-state index in [0.717, 1.165) is 12.8 Å². The zero-order chi connectivity index (χ0) is 8.53. The molecule has 66 valence electrons. The van der Waals surface area contributed by atoms with E-state index in [2.05, 4.69) is 13.5 Å². The Balaban J connectivity index is 3.10. The van der Waals surface area contributed by atoms with Gasteiger partial charge in [-0.1, -0.05) is 32.8 Å². The van der Waals surface area contributed by atoms with Gasteiger partial charge in [-0.2, -0.15) is 0 Å². The monoisotopic (exact) mass is 176 g/mol. The van der Waals surface area contributed by atoms with Gasteiger partial charge in [0.05, 0.1) is 6.26 Å². The van der Waals surface area contributed by atoms with Crippen LogP contribution in [0.1, 0.15) is 32.6 Å². The molecule has 0 amide bonds. The largest absolute Gasteiger partial charge is 0.453 e. The summed E-state index contributed by atoms with van der Waals surface area (Å²) in [5.41, 5.74) is 0. The summed E-state index contributed by atoms with van der Waals surface area (Å²) in [4.78, 5) is 0. The van der Waals surface area contributed by atoms with Crippen molar-refractivity contribution in [1.29, 1.82) is 0 Å². The first kappa shape index (κ1) is 10.8. The van der Waals surface area contributed by atoms with Crippen LogP contribution in [0.3, 0.4) is 0 Å². The number of rotatable bonds is 7. The molecule has 0 aliphatic rings. The van der Waals surface area contributed by atoms with E-state index in [1.54, 1.807) is 0 Å². The van der Waals surface area contributed by atoms with Crippen LogP contribution < -0.4 is 0 Å². The SMILES string of the molecule is C=CO[PH](=O)CCCCCC. The second-order valence-electron chi connectivity index (χ2n) is 2.47. The van der Waals surface area contributed by atoms with E-state index in [4.69, 9.17) is 4.52 Å². The molecule has 0 heterocycles. The minimum absolute atomic E-state index is 0.705. The average molecular weight is 176 g/mol. The second kappa shape index (κ2) is 7.87. The summed E-state index contributed by atoms with van der Waals surface area (Å²) >= 11 is 0. The summed E-state index contributed by atoms with van der Waals surface area (Å²) in [6.07, 6.45) is 6.58. The highest BCUT2D eigenvalue weighted by molar-refractivity contribution is 7.39. The molecule has 0 rings (SSSR count). The summed E-state index contributed by atoms with van der Waals surface area (Å²) in [5.74, 6) is 0. The molecule has 0 aromatic carbocycles. The molecule has 0 aliphatic carbocycles. The summed E-state index contributed by atoms with van der Waals surface area (Å²) in [6.45, 7) is 5.50. The van der Waals surface area contributed by atoms with Gasteiger partial charge in [-0.25, -0.2) is 0 Å². The highest BCUT2D eigenvalue weighted by Crippen LogP contribution is 2.23. The molecular weight excluding hydrogens is 159 g/mol. The molecule has 0 radical (unpaired) electrons. The maximum absolute atomic E-state index is 10.9. The first-order chi connectivity index (χ1) is 5.31. The van der Waals surface area contributed by atoms with E-state index < -0.39 is 8.03 Å². The zero-order valence-corrected chi connectivity index (χ0v) is 8.14. The Kier molecular flexibility index (Phi) is 7.71. The summed E-state index contributed by atoms with van der Waals surface area (Å²) in [7, 11) is -1.79. The van der Waals surface area contributed by atoms with Crippen molar-refractivity contribution in [3.05, 3.63) is 12.8 Å². The lowest BCUT2D eigenvalue weighted by molar-refractivity contribution is 0.461. The van der Waals surface area contributed by atoms with Gasteiger partial charge in [0.1, 0.15) is 0 Å². The highest BCUT2D eigenvalue weighted by Gasteiger charge is 1.95. The van der Waals surface area contributed by atoms with Crippen molar-refractivity contribution in [3.8, 4) is 0 Å². The predicted octanol–water partition coefficient (Wildman–Crippen LogP) is 3.20. The fourth-order valence-electron chi connectivity index (χ4n) is 0.848. The van der Waals surface area contributed by atoms with Gasteiger partial charge in [0.25, 0.3) is 0 Å². The molecule has 0 spiro atoms. The van der Waals surface area contributed by atoms with E-state index in [1.807, 2.05) is 0 Å². The topological polar surface area (TPSA) is 26.3 Å². The molecule has 0 fully saturated rings. The Morgan fingerprint density at radius 2 is 2.18 bits per heavy atom. The Labute approximate surface area is 69.5 Å². The number of hydrogen-bond donors (Lipinski definition) is 0. The maximum atomic E-state index is 10.9. The van der Waals surface area contributed by atoms with Crippen molar-refractivity contribution in [2.75, 3.05) is 6.16 Å². The van der Waals surface area contributed by atoms with Crippen LogP contribution in [0.5, 0.6) is 0 Å². The van der Waals surface area contributed by atoms with Crippen LogP contribution in [-0.4, -0.2) is 6.16 Å². The molecule has 0 saturated heterocycles. The lowest BCUT2D eigenvalue weighted by Gasteiger charge is -1.99. The molecule has 2 nitrogen and oxygen atoms in total. The van der Waals surface area contributed by atoms with Crippen LogP contribution in [0.2, 0.25) is 0 Å². The second-order valence-corrected chi connectivity index (χ2v) is 3.95. The molecule has 0 saturated carbocycles. The van der Waals surface area contributed by atoms with Crippen molar-refractivity contribution < 1.29 is 9.09 Å². The smallest absolute Gasteiger partial charge is 0.235 e. The van der Waals surface area contributed by atoms with Crippen molar-refractivity contribution >= 4 is 8.03 Å². The van der Waals surface area contributed by atoms with E-state index in [-0.39, 0.29) is 0 Å². The van der Waals surface area contributed by atoms with Crippen LogP contribution in [0.4, 0.5) is 0 Å². The van der Waals surface area contributed by atoms with Gasteiger partial charge < -0.3 is 4.52 Å². The number of unbranched alkanes of at least 4 members (excludes halogenated alkanes) is 3. The van der Waals surface area contributed by atoms with Crippen LogP contribution in [-0.2, 0) is 9.09 Å². The highest BCUT2D eigenvalue weighted by atomic mass is 31.1. The van der Waals surface area contributed by atoms with Crippen LogP contribution >= 0.6 is 8.03 Å². The average Bonchev–Trinajstić information content (AvgIpc) is 1.99. The van der Waals surface area contributed by atoms with Crippen molar-refractivity contribution in [2.24, 2.45) is 0 Å². The lowest BCUT2D eigenvalue weighted by Crippen LogP contribution is -1.80. The fourth-order valence-corrected chi connectivity index (χ4v) is 1.69. The van der Waals surface area contributed by atoms with Crippen molar-refractivity contribution in [1.82, 2.24) is 0 Å². The van der Waals surface area contributed by atoms with Gasteiger partial charge >= 0.3 is 0 Å². The Bertz CT molecular complexity index is 123. The van der Waals surface area contributed by atoms with Gasteiger partial charge in [0, 0.05) is 6.16 Å². The standard InChI is InChI=1S/C8H17O2P/c1-3-5-6-7-8-11(9)10-4-2/h4,11H,2-3,5-8H2,1H3. The van der Waals surface area contributed by atoms with Gasteiger partial charge in [-0.15, -0.1) is 0 Å². The normalized spacial score (nSPS) is 12.5. The van der Waals surface area contributed by atoms with Crippen LogP contribution in [0, 0.1) is 0 Å². The Hall–Kier alpha value is -0.230. The molecule has 0 bridgehead atoms. The summed E-state index contributed by atoms with van der Waals surface area (Å²) < 4.78 is 15.6. The van der Waals surface area contributed by atoms with Crippen molar-refractivity contribution in [2.45, 2.75) is 32.6 Å². The summed E-state index contributed by atoms with van der Waals surface area (Å²) in [5, 5.41) is 0. The molecule has 3 heteroatoms. The van der Waals surface area contributed by atoms with E-state index in [0.29, 0.717) is 6.16 Å². The quantitative estimate of drug-likeness (QED) is 0.338. The van der Waals surface area contributed by atoms with Crippen LogP contribution in [0.15, 0.2) is 12.8 Å². The fraction of sp³-hybridized carbons (Fsp3) is 0.750. The minimum Gasteiger partial charge on any atom is -0.453 e. The maximum Gasteiger partial charge on any atom is 0.235 e. The van der Waals surface area contributed by atoms with Gasteiger partial charge in [-0.3, -0.25) is 4.57 Å². The Morgan fingerprint density at radius 1 is 1.45 bits per heavy atom. The van der Waals surface area contributed by atoms with Gasteiger partial charge in [0.2, 0.25) is 8.03 Å². The van der Waals surface area contributed by atoms with E-state index in [9.17, 15) is 4.57 Å². The molecule has 0 aromatic heterocycles. The lowest BCUT2D eigenvalue weighted by atomic mass is 10.2. The van der Waals surface area contributed by atoms with Gasteiger partial charge in [0.15, 0.2) is 0 Å². The first-order valence-electron chi connectivity index (χ1n) is 4.11. The molecular formula is C8H17O2P. The molecule has 11 heavy (non-hydrogen) atoms. The molecule has 0 N–H and O–H groups in total. The zero-order valence-electron chi connectivity index (χ0n) is 7.14. The third-order valence-corrected chi connectivity index (χ3v) is 2.64. The number of hydrogen-bond acceptors (Lipinski definition) is 2. The van der Waals surface area contributed by atoms with Crippen LogP contribution in [0.25, 0.3) is 0 Å². The Morgan fingerprint density at radius 3 is 2.73 bits per heavy atom. The third kappa shape index (κ3) is 7.67.